The fourth-order valence-corrected chi connectivity index (χ4v) is 2.99. The van der Waals surface area contributed by atoms with E-state index in [2.05, 4.69) is 5.16 Å². The Morgan fingerprint density at radius 3 is 2.70 bits per heavy atom. The van der Waals surface area contributed by atoms with Gasteiger partial charge in [-0.1, -0.05) is 29.6 Å². The van der Waals surface area contributed by atoms with E-state index in [9.17, 15) is 5.11 Å². The Morgan fingerprint density at radius 1 is 1.45 bits per heavy atom. The Kier molecular flexibility index (Phi) is 4.40. The fraction of sp³-hybridized carbons (Fsp3) is 0.500. The zero-order chi connectivity index (χ0) is 14.8. The van der Waals surface area contributed by atoms with Gasteiger partial charge in [0.2, 0.25) is 0 Å². The normalized spacial score (nSPS) is 18.2. The van der Waals surface area contributed by atoms with Crippen LogP contribution in [0.25, 0.3) is 0 Å². The standard InChI is InChI=1S/C14H20ClN3O2/c1-18(9-14(19)6-2-3-7-14)12-5-4-10(15)8-11(12)13(16)17-20/h4-5,8,19-20H,2-3,6-7,9H2,1H3,(H2,16,17). The van der Waals surface area contributed by atoms with Crippen molar-refractivity contribution in [2.45, 2.75) is 31.3 Å². The van der Waals surface area contributed by atoms with Crippen LogP contribution in [-0.2, 0) is 0 Å². The first-order valence-electron chi connectivity index (χ1n) is 6.66. The van der Waals surface area contributed by atoms with Gasteiger partial charge in [-0.2, -0.15) is 0 Å². The lowest BCUT2D eigenvalue weighted by atomic mass is 10.0. The van der Waals surface area contributed by atoms with Gasteiger partial charge >= 0.3 is 0 Å². The van der Waals surface area contributed by atoms with Crippen molar-refractivity contribution in [1.82, 2.24) is 0 Å². The third kappa shape index (κ3) is 3.16. The van der Waals surface area contributed by atoms with E-state index in [1.165, 1.54) is 0 Å². The number of benzene rings is 1. The van der Waals surface area contributed by atoms with Crippen molar-refractivity contribution in [2.24, 2.45) is 10.9 Å². The molecule has 0 radical (unpaired) electrons. The SMILES string of the molecule is CN(CC1(O)CCCC1)c1ccc(Cl)cc1/C(N)=N/O. The molecule has 0 aliphatic heterocycles. The van der Waals surface area contributed by atoms with Gasteiger partial charge in [-0.25, -0.2) is 0 Å². The summed E-state index contributed by atoms with van der Waals surface area (Å²) < 4.78 is 0. The van der Waals surface area contributed by atoms with E-state index in [4.69, 9.17) is 22.5 Å². The molecule has 5 nitrogen and oxygen atoms in total. The number of nitrogens with two attached hydrogens (primary N) is 1. The molecule has 1 fully saturated rings. The highest BCUT2D eigenvalue weighted by Crippen LogP contribution is 2.32. The number of anilines is 1. The maximum absolute atomic E-state index is 10.5. The zero-order valence-electron chi connectivity index (χ0n) is 11.5. The van der Waals surface area contributed by atoms with E-state index < -0.39 is 5.60 Å². The zero-order valence-corrected chi connectivity index (χ0v) is 12.3. The first-order valence-corrected chi connectivity index (χ1v) is 7.04. The van der Waals surface area contributed by atoms with Crippen LogP contribution in [0, 0.1) is 0 Å². The number of halogens is 1. The number of rotatable bonds is 4. The van der Waals surface area contributed by atoms with E-state index in [0.717, 1.165) is 31.4 Å². The molecule has 1 aromatic rings. The van der Waals surface area contributed by atoms with Gasteiger partial charge in [0.25, 0.3) is 0 Å². The number of hydrogen-bond acceptors (Lipinski definition) is 4. The van der Waals surface area contributed by atoms with Crippen molar-refractivity contribution in [3.8, 4) is 0 Å². The lowest BCUT2D eigenvalue weighted by Crippen LogP contribution is -2.40. The molecule has 0 atom stereocenters. The monoisotopic (exact) mass is 297 g/mol. The van der Waals surface area contributed by atoms with E-state index in [0.29, 0.717) is 17.1 Å². The molecule has 0 spiro atoms. The molecule has 2 rings (SSSR count). The maximum Gasteiger partial charge on any atom is 0.172 e. The fourth-order valence-electron chi connectivity index (χ4n) is 2.82. The summed E-state index contributed by atoms with van der Waals surface area (Å²) in [7, 11) is 1.88. The van der Waals surface area contributed by atoms with Crippen molar-refractivity contribution >= 4 is 23.1 Å². The minimum atomic E-state index is -0.656. The molecule has 0 saturated heterocycles. The number of aliphatic hydroxyl groups is 1. The Bertz CT molecular complexity index is 513. The predicted octanol–water partition coefficient (Wildman–Crippen LogP) is 2.18. The quantitative estimate of drug-likeness (QED) is 0.344. The van der Waals surface area contributed by atoms with Gasteiger partial charge < -0.3 is 20.9 Å². The number of hydrogen-bond donors (Lipinski definition) is 3. The number of amidine groups is 1. The van der Waals surface area contributed by atoms with Crippen molar-refractivity contribution in [3.05, 3.63) is 28.8 Å². The largest absolute Gasteiger partial charge is 0.409 e. The highest BCUT2D eigenvalue weighted by molar-refractivity contribution is 6.31. The summed E-state index contributed by atoms with van der Waals surface area (Å²) in [4.78, 5) is 1.93. The molecule has 1 aliphatic carbocycles. The van der Waals surface area contributed by atoms with Gasteiger partial charge in [0, 0.05) is 29.9 Å². The maximum atomic E-state index is 10.5. The Morgan fingerprint density at radius 2 is 2.10 bits per heavy atom. The topological polar surface area (TPSA) is 82.1 Å². The molecule has 1 saturated carbocycles. The molecule has 4 N–H and O–H groups in total. The second kappa shape index (κ2) is 5.89. The summed E-state index contributed by atoms with van der Waals surface area (Å²) >= 11 is 5.96. The molecular formula is C14H20ClN3O2. The first kappa shape index (κ1) is 14.9. The molecule has 1 aliphatic rings. The smallest absolute Gasteiger partial charge is 0.172 e. The van der Waals surface area contributed by atoms with Crippen LogP contribution in [0.3, 0.4) is 0 Å². The highest BCUT2D eigenvalue weighted by Gasteiger charge is 2.32. The third-order valence-corrected chi connectivity index (χ3v) is 4.05. The molecule has 110 valence electrons. The van der Waals surface area contributed by atoms with Crippen molar-refractivity contribution < 1.29 is 10.3 Å². The molecular weight excluding hydrogens is 278 g/mol. The van der Waals surface area contributed by atoms with Crippen LogP contribution in [0.2, 0.25) is 5.02 Å². The minimum Gasteiger partial charge on any atom is -0.409 e. The average molecular weight is 298 g/mol. The van der Waals surface area contributed by atoms with Crippen LogP contribution < -0.4 is 10.6 Å². The molecule has 0 heterocycles. The lowest BCUT2D eigenvalue weighted by molar-refractivity contribution is 0.0559. The summed E-state index contributed by atoms with van der Waals surface area (Å²) in [6.07, 6.45) is 3.73. The van der Waals surface area contributed by atoms with Crippen LogP contribution in [-0.4, -0.2) is 35.3 Å². The first-order chi connectivity index (χ1) is 9.45. The average Bonchev–Trinajstić information content (AvgIpc) is 2.83. The van der Waals surface area contributed by atoms with Gasteiger partial charge in [-0.05, 0) is 31.0 Å². The number of oxime groups is 1. The Balaban J connectivity index is 2.27. The van der Waals surface area contributed by atoms with Crippen LogP contribution in [0.5, 0.6) is 0 Å². The second-order valence-corrected chi connectivity index (χ2v) is 5.87. The lowest BCUT2D eigenvalue weighted by Gasteiger charge is -2.31. The summed E-state index contributed by atoms with van der Waals surface area (Å²) in [5.41, 5.74) is 6.38. The Hall–Kier alpha value is -1.46. The molecule has 1 aromatic carbocycles. The van der Waals surface area contributed by atoms with Crippen LogP contribution in [0.1, 0.15) is 31.2 Å². The predicted molar refractivity (Wildman–Crippen MR) is 80.7 cm³/mol. The van der Waals surface area contributed by atoms with Crippen molar-refractivity contribution in [3.63, 3.8) is 0 Å². The third-order valence-electron chi connectivity index (χ3n) is 3.82. The summed E-state index contributed by atoms with van der Waals surface area (Å²) in [6, 6.07) is 5.22. The van der Waals surface area contributed by atoms with Gasteiger partial charge in [0.05, 0.1) is 5.60 Å². The Labute approximate surface area is 123 Å². The molecule has 0 bridgehead atoms. The molecule has 0 amide bonds. The summed E-state index contributed by atoms with van der Waals surface area (Å²) in [5.74, 6) is 0.00719. The van der Waals surface area contributed by atoms with Crippen LogP contribution in [0.4, 0.5) is 5.69 Å². The molecule has 0 aromatic heterocycles. The minimum absolute atomic E-state index is 0.00719. The van der Waals surface area contributed by atoms with Crippen molar-refractivity contribution in [1.29, 1.82) is 0 Å². The van der Waals surface area contributed by atoms with Crippen LogP contribution in [0.15, 0.2) is 23.4 Å². The van der Waals surface area contributed by atoms with Gasteiger partial charge in [0.1, 0.15) is 0 Å². The molecule has 0 unspecified atom stereocenters. The van der Waals surface area contributed by atoms with Gasteiger partial charge in [-0.15, -0.1) is 0 Å². The molecule has 20 heavy (non-hydrogen) atoms. The van der Waals surface area contributed by atoms with E-state index in [1.54, 1.807) is 12.1 Å². The van der Waals surface area contributed by atoms with Crippen molar-refractivity contribution in [2.75, 3.05) is 18.5 Å². The second-order valence-electron chi connectivity index (χ2n) is 5.43. The number of likely N-dealkylation sites (N-methyl/N-ethyl adjacent to an activating group) is 1. The van der Waals surface area contributed by atoms with E-state index >= 15 is 0 Å². The van der Waals surface area contributed by atoms with E-state index in [1.807, 2.05) is 18.0 Å². The highest BCUT2D eigenvalue weighted by atomic mass is 35.5. The van der Waals surface area contributed by atoms with Gasteiger partial charge in [-0.3, -0.25) is 0 Å². The summed E-state index contributed by atoms with van der Waals surface area (Å²) in [5, 5.41) is 22.9. The van der Waals surface area contributed by atoms with E-state index in [-0.39, 0.29) is 5.84 Å². The molecule has 6 heteroatoms. The number of nitrogens with zero attached hydrogens (tertiary/aromatic N) is 2. The van der Waals surface area contributed by atoms with Gasteiger partial charge in [0.15, 0.2) is 5.84 Å². The summed E-state index contributed by atoms with van der Waals surface area (Å²) in [6.45, 7) is 0.514. The van der Waals surface area contributed by atoms with Crippen LogP contribution >= 0.6 is 11.6 Å².